The molecule has 0 fully saturated rings. The summed E-state index contributed by atoms with van der Waals surface area (Å²) >= 11 is 0. The number of para-hydroxylation sites is 5. The van der Waals surface area contributed by atoms with Gasteiger partial charge in [-0.15, -0.1) is 0 Å². The van der Waals surface area contributed by atoms with E-state index in [2.05, 4.69) is 185 Å². The van der Waals surface area contributed by atoms with Crippen LogP contribution in [0, 0.1) is 0 Å². The van der Waals surface area contributed by atoms with Crippen molar-refractivity contribution in [1.82, 2.24) is 9.13 Å². The van der Waals surface area contributed by atoms with Gasteiger partial charge in [-0.25, -0.2) is 0 Å². The lowest BCUT2D eigenvalue weighted by molar-refractivity contribution is 0.666. The van der Waals surface area contributed by atoms with Gasteiger partial charge >= 0.3 is 0 Å². The van der Waals surface area contributed by atoms with Crippen molar-refractivity contribution in [3.05, 3.63) is 182 Å². The van der Waals surface area contributed by atoms with Gasteiger partial charge in [-0.2, -0.15) is 0 Å². The Labute approximate surface area is 293 Å². The van der Waals surface area contributed by atoms with Crippen LogP contribution in [0.3, 0.4) is 0 Å². The predicted octanol–water partition coefficient (Wildman–Crippen LogP) is 13.1. The minimum absolute atomic E-state index is 0.894. The fraction of sp³-hybridized carbons (Fsp3) is 0. The van der Waals surface area contributed by atoms with E-state index in [1.54, 1.807) is 0 Å². The van der Waals surface area contributed by atoms with Crippen molar-refractivity contribution >= 4 is 65.6 Å². The number of hydrogen-bond acceptors (Lipinski definition) is 1. The summed E-state index contributed by atoms with van der Waals surface area (Å²) < 4.78 is 11.4. The summed E-state index contributed by atoms with van der Waals surface area (Å²) in [6.07, 6.45) is 0. The van der Waals surface area contributed by atoms with Crippen LogP contribution in [0.1, 0.15) is 0 Å². The van der Waals surface area contributed by atoms with E-state index in [-0.39, 0.29) is 0 Å². The van der Waals surface area contributed by atoms with Gasteiger partial charge in [-0.05, 0) is 76.9 Å². The summed E-state index contributed by atoms with van der Waals surface area (Å²) in [5, 5.41) is 7.17. The van der Waals surface area contributed by atoms with E-state index in [9.17, 15) is 0 Å². The van der Waals surface area contributed by atoms with E-state index in [0.29, 0.717) is 0 Å². The van der Waals surface area contributed by atoms with E-state index in [0.717, 1.165) is 44.3 Å². The molecule has 0 aliphatic heterocycles. The third-order valence-electron chi connectivity index (χ3n) is 10.5. The largest absolute Gasteiger partial charge is 0.454 e. The minimum Gasteiger partial charge on any atom is -0.454 e. The van der Waals surface area contributed by atoms with Crippen molar-refractivity contribution in [3.8, 4) is 33.6 Å². The molecule has 0 bridgehead atoms. The first-order valence-electron chi connectivity index (χ1n) is 17.4. The standard InChI is InChI=1S/C48H30N2O/c1-3-14-31(15-4-1)40-30-46-41(35-19-8-11-23-43(35)50(46)44-24-13-21-38-37-20-9-12-25-47(37)51-48(38)44)29-39(40)32-26-27-36-34-18-7-10-22-42(34)49(45(36)28-32)33-16-5-2-6-17-33/h1-30H. The van der Waals surface area contributed by atoms with Crippen molar-refractivity contribution in [2.24, 2.45) is 0 Å². The van der Waals surface area contributed by atoms with Crippen LogP contribution < -0.4 is 0 Å². The third kappa shape index (κ3) is 4.12. The summed E-state index contributed by atoms with van der Waals surface area (Å²) in [5.74, 6) is 0. The fourth-order valence-corrected chi connectivity index (χ4v) is 8.27. The van der Waals surface area contributed by atoms with Gasteiger partial charge in [-0.1, -0.05) is 127 Å². The maximum Gasteiger partial charge on any atom is 0.159 e. The lowest BCUT2D eigenvalue weighted by Gasteiger charge is -2.15. The molecule has 51 heavy (non-hydrogen) atoms. The van der Waals surface area contributed by atoms with Crippen molar-refractivity contribution in [1.29, 1.82) is 0 Å². The highest BCUT2D eigenvalue weighted by Crippen LogP contribution is 2.44. The Hall–Kier alpha value is -6.84. The molecule has 0 spiro atoms. The molecule has 0 aliphatic carbocycles. The zero-order valence-corrected chi connectivity index (χ0v) is 27.6. The molecule has 0 atom stereocenters. The molecule has 0 radical (unpaired) electrons. The number of aromatic nitrogens is 2. The number of fused-ring (bicyclic) bond motifs is 9. The molecule has 0 unspecified atom stereocenters. The van der Waals surface area contributed by atoms with Crippen LogP contribution in [-0.4, -0.2) is 9.13 Å². The Morgan fingerprint density at radius 1 is 0.333 bits per heavy atom. The van der Waals surface area contributed by atoms with Crippen LogP contribution in [0.15, 0.2) is 186 Å². The van der Waals surface area contributed by atoms with Crippen molar-refractivity contribution < 1.29 is 4.42 Å². The summed E-state index contributed by atoms with van der Waals surface area (Å²) in [4.78, 5) is 0. The van der Waals surface area contributed by atoms with Crippen molar-refractivity contribution in [2.75, 3.05) is 0 Å². The highest BCUT2D eigenvalue weighted by atomic mass is 16.3. The lowest BCUT2D eigenvalue weighted by atomic mass is 9.92. The topological polar surface area (TPSA) is 23.0 Å². The van der Waals surface area contributed by atoms with Gasteiger partial charge in [0.25, 0.3) is 0 Å². The number of nitrogens with zero attached hydrogens (tertiary/aromatic N) is 2. The van der Waals surface area contributed by atoms with Gasteiger partial charge in [0.05, 0.1) is 27.8 Å². The summed E-state index contributed by atoms with van der Waals surface area (Å²) in [7, 11) is 0. The molecule has 3 heterocycles. The van der Waals surface area contributed by atoms with E-state index in [1.807, 2.05) is 6.07 Å². The lowest BCUT2D eigenvalue weighted by Crippen LogP contribution is -1.96. The van der Waals surface area contributed by atoms with Crippen molar-refractivity contribution in [3.63, 3.8) is 0 Å². The van der Waals surface area contributed by atoms with Crippen molar-refractivity contribution in [2.45, 2.75) is 0 Å². The zero-order chi connectivity index (χ0) is 33.5. The number of hydrogen-bond donors (Lipinski definition) is 0. The van der Waals surface area contributed by atoms with E-state index in [1.165, 1.54) is 54.8 Å². The summed E-state index contributed by atoms with van der Waals surface area (Å²) in [6.45, 7) is 0. The maximum absolute atomic E-state index is 6.60. The molecule has 238 valence electrons. The van der Waals surface area contributed by atoms with Gasteiger partial charge in [0.1, 0.15) is 5.58 Å². The molecule has 8 aromatic carbocycles. The monoisotopic (exact) mass is 650 g/mol. The molecule has 11 aromatic rings. The Morgan fingerprint density at radius 2 is 0.922 bits per heavy atom. The molecule has 3 heteroatoms. The number of furan rings is 1. The SMILES string of the molecule is c1ccc(-c2cc3c(cc2-c2ccc4c5ccccc5n(-c5ccccc5)c4c2)c2ccccc2n3-c2cccc3c2oc2ccccc23)cc1. The second-order valence-electron chi connectivity index (χ2n) is 13.3. The van der Waals surface area contributed by atoms with Gasteiger partial charge in [0.15, 0.2) is 5.58 Å². The maximum atomic E-state index is 6.60. The van der Waals surface area contributed by atoms with Crippen LogP contribution in [-0.2, 0) is 0 Å². The molecule has 0 saturated heterocycles. The second-order valence-corrected chi connectivity index (χ2v) is 13.3. The summed E-state index contributed by atoms with van der Waals surface area (Å²) in [5.41, 5.74) is 13.4. The fourth-order valence-electron chi connectivity index (χ4n) is 8.27. The number of rotatable bonds is 4. The average molecular weight is 651 g/mol. The minimum atomic E-state index is 0.894. The molecular weight excluding hydrogens is 621 g/mol. The van der Waals surface area contributed by atoms with Gasteiger partial charge in [-0.3, -0.25) is 0 Å². The van der Waals surface area contributed by atoms with Gasteiger partial charge < -0.3 is 13.6 Å². The Bertz CT molecular complexity index is 3130. The van der Waals surface area contributed by atoms with Crippen LogP contribution in [0.5, 0.6) is 0 Å². The number of benzene rings is 8. The quantitative estimate of drug-likeness (QED) is 0.186. The van der Waals surface area contributed by atoms with Gasteiger partial charge in [0, 0.05) is 38.0 Å². The molecule has 3 aromatic heterocycles. The normalized spacial score (nSPS) is 11.9. The van der Waals surface area contributed by atoms with Gasteiger partial charge in [0.2, 0.25) is 0 Å². The van der Waals surface area contributed by atoms with E-state index >= 15 is 0 Å². The van der Waals surface area contributed by atoms with Crippen LogP contribution in [0.2, 0.25) is 0 Å². The molecule has 3 nitrogen and oxygen atoms in total. The Morgan fingerprint density at radius 3 is 1.73 bits per heavy atom. The summed E-state index contributed by atoms with van der Waals surface area (Å²) in [6, 6.07) is 65.5. The molecule has 0 N–H and O–H groups in total. The van der Waals surface area contributed by atoms with E-state index < -0.39 is 0 Å². The average Bonchev–Trinajstić information content (AvgIpc) is 3.85. The molecule has 0 saturated carbocycles. The molecule has 0 aliphatic rings. The zero-order valence-electron chi connectivity index (χ0n) is 27.6. The second kappa shape index (κ2) is 10.8. The Kier molecular flexibility index (Phi) is 5.96. The first-order chi connectivity index (χ1) is 25.3. The smallest absolute Gasteiger partial charge is 0.159 e. The third-order valence-corrected chi connectivity index (χ3v) is 10.5. The first-order valence-corrected chi connectivity index (χ1v) is 17.4. The molecule has 0 amide bonds. The highest BCUT2D eigenvalue weighted by molar-refractivity contribution is 6.16. The Balaban J connectivity index is 1.24. The predicted molar refractivity (Wildman–Crippen MR) is 213 cm³/mol. The van der Waals surface area contributed by atoms with Crippen LogP contribution in [0.25, 0.3) is 99.2 Å². The first kappa shape index (κ1) is 28.0. The molecular formula is C48H30N2O. The molecule has 11 rings (SSSR count). The van der Waals surface area contributed by atoms with Crippen LogP contribution >= 0.6 is 0 Å². The highest BCUT2D eigenvalue weighted by Gasteiger charge is 2.21. The van der Waals surface area contributed by atoms with Crippen LogP contribution in [0.4, 0.5) is 0 Å². The van der Waals surface area contributed by atoms with E-state index in [4.69, 9.17) is 4.42 Å².